The van der Waals surface area contributed by atoms with E-state index in [0.29, 0.717) is 11.7 Å². The first-order valence-electron chi connectivity index (χ1n) is 4.42. The van der Waals surface area contributed by atoms with E-state index in [9.17, 15) is 5.11 Å². The van der Waals surface area contributed by atoms with Crippen molar-refractivity contribution in [2.45, 2.75) is 26.4 Å². The Bertz CT molecular complexity index is 239. The standard InChI is InChI=1S/C9H17N3OS/c1-5-12(6-9(2,3)13)8(14-4)11-7-10/h13H,5-6H2,1-4H3. The summed E-state index contributed by atoms with van der Waals surface area (Å²) in [6.45, 7) is 6.64. The third-order valence-corrected chi connectivity index (χ3v) is 2.27. The normalized spacial score (nSPS) is 12.4. The van der Waals surface area contributed by atoms with E-state index in [1.165, 1.54) is 11.8 Å². The van der Waals surface area contributed by atoms with Crippen molar-refractivity contribution in [3.8, 4) is 6.19 Å². The van der Waals surface area contributed by atoms with Crippen LogP contribution in [0.25, 0.3) is 0 Å². The maximum Gasteiger partial charge on any atom is 0.208 e. The van der Waals surface area contributed by atoms with Gasteiger partial charge in [0.1, 0.15) is 0 Å². The van der Waals surface area contributed by atoms with Crippen molar-refractivity contribution in [1.29, 1.82) is 5.26 Å². The van der Waals surface area contributed by atoms with Gasteiger partial charge in [-0.2, -0.15) is 5.26 Å². The zero-order chi connectivity index (χ0) is 11.2. The SMILES string of the molecule is CCN(CC(C)(C)O)C(=NC#N)SC. The molecular weight excluding hydrogens is 198 g/mol. The van der Waals surface area contributed by atoms with Crippen LogP contribution in [-0.2, 0) is 0 Å². The van der Waals surface area contributed by atoms with Gasteiger partial charge in [0.15, 0.2) is 5.17 Å². The smallest absolute Gasteiger partial charge is 0.208 e. The highest BCUT2D eigenvalue weighted by Crippen LogP contribution is 2.10. The van der Waals surface area contributed by atoms with Crippen LogP contribution in [0.15, 0.2) is 4.99 Å². The zero-order valence-corrected chi connectivity index (χ0v) is 9.93. The van der Waals surface area contributed by atoms with Gasteiger partial charge in [-0.1, -0.05) is 11.8 Å². The van der Waals surface area contributed by atoms with E-state index in [1.807, 2.05) is 18.1 Å². The zero-order valence-electron chi connectivity index (χ0n) is 9.11. The number of nitrogens with zero attached hydrogens (tertiary/aromatic N) is 3. The van der Waals surface area contributed by atoms with Crippen LogP contribution in [0.4, 0.5) is 0 Å². The molecule has 0 unspecified atom stereocenters. The minimum absolute atomic E-state index is 0.477. The molecule has 0 heterocycles. The van der Waals surface area contributed by atoms with E-state index in [0.717, 1.165) is 6.54 Å². The van der Waals surface area contributed by atoms with Crippen LogP contribution in [0.5, 0.6) is 0 Å². The summed E-state index contributed by atoms with van der Waals surface area (Å²) in [5.74, 6) is 0. The van der Waals surface area contributed by atoms with Gasteiger partial charge in [0.05, 0.1) is 5.60 Å². The number of likely N-dealkylation sites (N-methyl/N-ethyl adjacent to an activating group) is 1. The molecule has 14 heavy (non-hydrogen) atoms. The Morgan fingerprint density at radius 1 is 1.64 bits per heavy atom. The van der Waals surface area contributed by atoms with E-state index in [2.05, 4.69) is 4.99 Å². The second-order valence-corrected chi connectivity index (χ2v) is 4.30. The number of thioether (sulfide) groups is 1. The molecule has 0 saturated carbocycles. The molecule has 0 aliphatic heterocycles. The van der Waals surface area contributed by atoms with E-state index in [4.69, 9.17) is 5.26 Å². The molecule has 5 heteroatoms. The number of hydrogen-bond acceptors (Lipinski definition) is 4. The minimum atomic E-state index is -0.776. The van der Waals surface area contributed by atoms with Gasteiger partial charge in [-0.3, -0.25) is 0 Å². The van der Waals surface area contributed by atoms with E-state index < -0.39 is 5.60 Å². The number of amidine groups is 1. The second kappa shape index (κ2) is 5.89. The number of hydrogen-bond donors (Lipinski definition) is 1. The van der Waals surface area contributed by atoms with Gasteiger partial charge in [0.2, 0.25) is 6.19 Å². The first kappa shape index (κ1) is 13.3. The Morgan fingerprint density at radius 3 is 2.50 bits per heavy atom. The van der Waals surface area contributed by atoms with E-state index in [-0.39, 0.29) is 0 Å². The quantitative estimate of drug-likeness (QED) is 0.438. The summed E-state index contributed by atoms with van der Waals surface area (Å²) >= 11 is 1.41. The third-order valence-electron chi connectivity index (χ3n) is 1.56. The van der Waals surface area contributed by atoms with Crippen LogP contribution in [0.3, 0.4) is 0 Å². The summed E-state index contributed by atoms with van der Waals surface area (Å²) in [4.78, 5) is 5.58. The van der Waals surface area contributed by atoms with Gasteiger partial charge in [-0.25, -0.2) is 0 Å². The summed E-state index contributed by atoms with van der Waals surface area (Å²) in [5, 5.41) is 18.8. The molecule has 80 valence electrons. The highest BCUT2D eigenvalue weighted by Gasteiger charge is 2.19. The van der Waals surface area contributed by atoms with Crippen LogP contribution >= 0.6 is 11.8 Å². The van der Waals surface area contributed by atoms with Crippen LogP contribution in [0.2, 0.25) is 0 Å². The van der Waals surface area contributed by atoms with Gasteiger partial charge in [0.25, 0.3) is 0 Å². The van der Waals surface area contributed by atoms with E-state index in [1.54, 1.807) is 20.0 Å². The maximum atomic E-state index is 9.64. The van der Waals surface area contributed by atoms with Gasteiger partial charge in [0, 0.05) is 13.1 Å². The molecule has 0 aliphatic rings. The fraction of sp³-hybridized carbons (Fsp3) is 0.778. The first-order chi connectivity index (χ1) is 6.44. The molecule has 0 aliphatic carbocycles. The molecule has 0 rings (SSSR count). The summed E-state index contributed by atoms with van der Waals surface area (Å²) in [5.41, 5.74) is -0.776. The number of aliphatic imine (C=N–C) groups is 1. The predicted molar refractivity (Wildman–Crippen MR) is 60.1 cm³/mol. The van der Waals surface area contributed by atoms with Crippen molar-refractivity contribution in [2.24, 2.45) is 4.99 Å². The van der Waals surface area contributed by atoms with Gasteiger partial charge in [-0.05, 0) is 27.0 Å². The lowest BCUT2D eigenvalue weighted by atomic mass is 10.1. The molecule has 0 amide bonds. The Hall–Kier alpha value is -0.730. The van der Waals surface area contributed by atoms with Crippen molar-refractivity contribution in [1.82, 2.24) is 4.90 Å². The average Bonchev–Trinajstić information content (AvgIpc) is 2.09. The van der Waals surface area contributed by atoms with Crippen molar-refractivity contribution in [2.75, 3.05) is 19.3 Å². The Balaban J connectivity index is 4.55. The topological polar surface area (TPSA) is 59.6 Å². The van der Waals surface area contributed by atoms with Gasteiger partial charge >= 0.3 is 0 Å². The van der Waals surface area contributed by atoms with Crippen LogP contribution in [-0.4, -0.2) is 40.1 Å². The molecule has 0 bridgehead atoms. The summed E-state index contributed by atoms with van der Waals surface area (Å²) in [6, 6.07) is 0. The molecule has 4 nitrogen and oxygen atoms in total. The molecule has 0 aromatic carbocycles. The molecule has 0 atom stereocenters. The largest absolute Gasteiger partial charge is 0.389 e. The predicted octanol–water partition coefficient (Wildman–Crippen LogP) is 1.28. The minimum Gasteiger partial charge on any atom is -0.389 e. The Morgan fingerprint density at radius 2 is 2.21 bits per heavy atom. The Kier molecular flexibility index (Phi) is 5.58. The highest BCUT2D eigenvalue weighted by molar-refractivity contribution is 8.13. The lowest BCUT2D eigenvalue weighted by molar-refractivity contribution is 0.0580. The lowest BCUT2D eigenvalue weighted by Gasteiger charge is -2.29. The van der Waals surface area contributed by atoms with Crippen molar-refractivity contribution in [3.05, 3.63) is 0 Å². The monoisotopic (exact) mass is 215 g/mol. The summed E-state index contributed by atoms with van der Waals surface area (Å²) in [7, 11) is 0. The number of aliphatic hydroxyl groups is 1. The van der Waals surface area contributed by atoms with Gasteiger partial charge in [-0.15, -0.1) is 4.99 Å². The fourth-order valence-electron chi connectivity index (χ4n) is 1.07. The summed E-state index contributed by atoms with van der Waals surface area (Å²) < 4.78 is 0. The molecule has 0 aromatic heterocycles. The molecule has 0 fully saturated rings. The van der Waals surface area contributed by atoms with Crippen molar-refractivity contribution in [3.63, 3.8) is 0 Å². The van der Waals surface area contributed by atoms with Crippen LogP contribution in [0, 0.1) is 11.5 Å². The molecule has 0 saturated heterocycles. The van der Waals surface area contributed by atoms with Crippen molar-refractivity contribution < 1.29 is 5.11 Å². The Labute approximate surface area is 89.6 Å². The molecule has 1 N–H and O–H groups in total. The molecule has 0 radical (unpaired) electrons. The third kappa shape index (κ3) is 5.10. The fourth-order valence-corrected chi connectivity index (χ4v) is 1.65. The van der Waals surface area contributed by atoms with Gasteiger partial charge < -0.3 is 10.0 Å². The number of rotatable bonds is 3. The van der Waals surface area contributed by atoms with Crippen molar-refractivity contribution >= 4 is 16.9 Å². The maximum absolute atomic E-state index is 9.64. The first-order valence-corrected chi connectivity index (χ1v) is 5.65. The average molecular weight is 215 g/mol. The van der Waals surface area contributed by atoms with Crippen LogP contribution < -0.4 is 0 Å². The lowest BCUT2D eigenvalue weighted by Crippen LogP contribution is -2.41. The van der Waals surface area contributed by atoms with Crippen LogP contribution in [0.1, 0.15) is 20.8 Å². The summed E-state index contributed by atoms with van der Waals surface area (Å²) in [6.07, 6.45) is 3.63. The highest BCUT2D eigenvalue weighted by atomic mass is 32.2. The molecule has 0 spiro atoms. The molecular formula is C9H17N3OS. The second-order valence-electron chi connectivity index (χ2n) is 3.53. The molecule has 0 aromatic rings. The number of nitriles is 1. The van der Waals surface area contributed by atoms with E-state index >= 15 is 0 Å².